The Balaban J connectivity index is 2.17. The van der Waals surface area contributed by atoms with Crippen LogP contribution >= 0.6 is 0 Å². The van der Waals surface area contributed by atoms with Crippen molar-refractivity contribution in [2.45, 2.75) is 32.2 Å². The zero-order valence-corrected chi connectivity index (χ0v) is 10.5. The smallest absolute Gasteiger partial charge is 0.146 e. The van der Waals surface area contributed by atoms with E-state index in [0.29, 0.717) is 6.04 Å². The summed E-state index contributed by atoms with van der Waals surface area (Å²) in [5, 5.41) is 3.44. The van der Waals surface area contributed by atoms with Crippen LogP contribution in [0.1, 0.15) is 26.2 Å². The maximum Gasteiger partial charge on any atom is 0.146 e. The molecule has 2 rings (SSSR count). The van der Waals surface area contributed by atoms with E-state index in [1.54, 1.807) is 12.1 Å². The molecule has 17 heavy (non-hydrogen) atoms. The Kier molecular flexibility index (Phi) is 4.37. The molecule has 0 saturated carbocycles. The molecule has 3 heteroatoms. The number of anilines is 1. The van der Waals surface area contributed by atoms with Gasteiger partial charge in [-0.15, -0.1) is 0 Å². The van der Waals surface area contributed by atoms with Crippen LogP contribution < -0.4 is 10.2 Å². The van der Waals surface area contributed by atoms with Gasteiger partial charge in [0.15, 0.2) is 0 Å². The molecule has 0 spiro atoms. The minimum absolute atomic E-state index is 0.112. The predicted octanol–water partition coefficient (Wildman–Crippen LogP) is 2.79. The molecule has 94 valence electrons. The van der Waals surface area contributed by atoms with Gasteiger partial charge in [-0.2, -0.15) is 0 Å². The predicted molar refractivity (Wildman–Crippen MR) is 69.9 cm³/mol. The first-order chi connectivity index (χ1) is 8.33. The molecule has 1 heterocycles. The van der Waals surface area contributed by atoms with Gasteiger partial charge in [0.05, 0.1) is 5.69 Å². The lowest BCUT2D eigenvalue weighted by atomic mass is 10.1. The molecule has 1 aliphatic heterocycles. The fourth-order valence-corrected chi connectivity index (χ4v) is 2.58. The van der Waals surface area contributed by atoms with Gasteiger partial charge >= 0.3 is 0 Å². The maximum atomic E-state index is 13.8. The summed E-state index contributed by atoms with van der Waals surface area (Å²) in [5.74, 6) is -0.112. The van der Waals surface area contributed by atoms with Crippen molar-refractivity contribution in [3.8, 4) is 0 Å². The van der Waals surface area contributed by atoms with Crippen molar-refractivity contribution in [2.75, 3.05) is 24.5 Å². The average molecular weight is 236 g/mol. The average Bonchev–Trinajstić information content (AvgIpc) is 2.62. The lowest BCUT2D eigenvalue weighted by molar-refractivity contribution is 0.533. The molecule has 0 bridgehead atoms. The van der Waals surface area contributed by atoms with Crippen LogP contribution in [0.25, 0.3) is 0 Å². The van der Waals surface area contributed by atoms with Crippen molar-refractivity contribution < 1.29 is 4.39 Å². The number of benzene rings is 1. The van der Waals surface area contributed by atoms with Crippen molar-refractivity contribution in [1.29, 1.82) is 0 Å². The van der Waals surface area contributed by atoms with Gasteiger partial charge in [-0.25, -0.2) is 4.39 Å². The van der Waals surface area contributed by atoms with Crippen LogP contribution in [0.4, 0.5) is 10.1 Å². The largest absolute Gasteiger partial charge is 0.365 e. The minimum atomic E-state index is -0.112. The summed E-state index contributed by atoms with van der Waals surface area (Å²) >= 11 is 0. The van der Waals surface area contributed by atoms with Crippen molar-refractivity contribution in [2.24, 2.45) is 0 Å². The minimum Gasteiger partial charge on any atom is -0.365 e. The fourth-order valence-electron chi connectivity index (χ4n) is 2.58. The third-order valence-corrected chi connectivity index (χ3v) is 3.46. The number of rotatable bonds is 3. The third-order valence-electron chi connectivity index (χ3n) is 3.46. The van der Waals surface area contributed by atoms with Crippen molar-refractivity contribution in [3.63, 3.8) is 0 Å². The molecule has 1 aromatic carbocycles. The topological polar surface area (TPSA) is 15.3 Å². The molecule has 0 aliphatic carbocycles. The fraction of sp³-hybridized carbons (Fsp3) is 0.571. The number of hydrogen-bond donors (Lipinski definition) is 1. The van der Waals surface area contributed by atoms with Crippen LogP contribution in [0.3, 0.4) is 0 Å². The molecule has 1 saturated heterocycles. The first-order valence-corrected chi connectivity index (χ1v) is 6.55. The Bertz CT molecular complexity index is 346. The molecule has 0 radical (unpaired) electrons. The summed E-state index contributed by atoms with van der Waals surface area (Å²) in [6.45, 7) is 5.00. The molecule has 1 N–H and O–H groups in total. The first kappa shape index (κ1) is 12.4. The molecule has 0 aromatic heterocycles. The lowest BCUT2D eigenvalue weighted by Crippen LogP contribution is -2.41. The number of hydrogen-bond acceptors (Lipinski definition) is 2. The molecule has 2 nitrogen and oxygen atoms in total. The Morgan fingerprint density at radius 1 is 1.35 bits per heavy atom. The van der Waals surface area contributed by atoms with Gasteiger partial charge in [0.2, 0.25) is 0 Å². The van der Waals surface area contributed by atoms with E-state index in [1.807, 2.05) is 12.1 Å². The number of nitrogens with one attached hydrogen (secondary N) is 1. The highest BCUT2D eigenvalue weighted by atomic mass is 19.1. The number of para-hydroxylation sites is 1. The zero-order valence-electron chi connectivity index (χ0n) is 10.5. The summed E-state index contributed by atoms with van der Waals surface area (Å²) in [4.78, 5) is 2.19. The highest BCUT2D eigenvalue weighted by Gasteiger charge is 2.20. The molecule has 0 amide bonds. The van der Waals surface area contributed by atoms with E-state index >= 15 is 0 Å². The Morgan fingerprint density at radius 2 is 2.18 bits per heavy atom. The summed E-state index contributed by atoms with van der Waals surface area (Å²) in [6, 6.07) is 7.49. The molecule has 1 unspecified atom stereocenters. The van der Waals surface area contributed by atoms with Crippen LogP contribution in [0.15, 0.2) is 24.3 Å². The molecule has 1 aromatic rings. The van der Waals surface area contributed by atoms with Crippen LogP contribution in [-0.2, 0) is 0 Å². The summed E-state index contributed by atoms with van der Waals surface area (Å²) < 4.78 is 13.8. The van der Waals surface area contributed by atoms with Crippen LogP contribution in [0, 0.1) is 5.82 Å². The van der Waals surface area contributed by atoms with E-state index in [9.17, 15) is 4.39 Å². The van der Waals surface area contributed by atoms with Crippen LogP contribution in [-0.4, -0.2) is 25.7 Å². The van der Waals surface area contributed by atoms with E-state index < -0.39 is 0 Å². The highest BCUT2D eigenvalue weighted by Crippen LogP contribution is 2.23. The number of likely N-dealkylation sites (N-methyl/N-ethyl adjacent to an activating group) is 1. The van der Waals surface area contributed by atoms with Gasteiger partial charge in [0.25, 0.3) is 0 Å². The quantitative estimate of drug-likeness (QED) is 0.868. The van der Waals surface area contributed by atoms with Crippen molar-refractivity contribution >= 4 is 5.69 Å². The SMILES string of the molecule is CCN(c1ccccc1F)C1CCCCNC1. The lowest BCUT2D eigenvalue weighted by Gasteiger charge is -2.32. The molecular weight excluding hydrogens is 215 g/mol. The Morgan fingerprint density at radius 3 is 2.94 bits per heavy atom. The van der Waals surface area contributed by atoms with Crippen molar-refractivity contribution in [3.05, 3.63) is 30.1 Å². The summed E-state index contributed by atoms with van der Waals surface area (Å²) in [7, 11) is 0. The van der Waals surface area contributed by atoms with Gasteiger partial charge in [-0.3, -0.25) is 0 Å². The Hall–Kier alpha value is -1.09. The highest BCUT2D eigenvalue weighted by molar-refractivity contribution is 5.48. The van der Waals surface area contributed by atoms with Gasteiger partial charge in [-0.05, 0) is 38.4 Å². The van der Waals surface area contributed by atoms with E-state index in [0.717, 1.165) is 31.7 Å². The van der Waals surface area contributed by atoms with E-state index in [4.69, 9.17) is 0 Å². The normalized spacial score (nSPS) is 20.9. The van der Waals surface area contributed by atoms with E-state index in [-0.39, 0.29) is 5.82 Å². The number of nitrogens with zero attached hydrogens (tertiary/aromatic N) is 1. The standard InChI is InChI=1S/C14H21FN2/c1-2-17(12-7-5-6-10-16-11-12)14-9-4-3-8-13(14)15/h3-4,8-9,12,16H,2,5-7,10-11H2,1H3. The Labute approximate surface area is 103 Å². The monoisotopic (exact) mass is 236 g/mol. The molecule has 1 atom stereocenters. The van der Waals surface area contributed by atoms with Gasteiger partial charge in [-0.1, -0.05) is 18.6 Å². The second-order valence-corrected chi connectivity index (χ2v) is 4.59. The second-order valence-electron chi connectivity index (χ2n) is 4.59. The van der Waals surface area contributed by atoms with Gasteiger partial charge in [0, 0.05) is 19.1 Å². The number of halogens is 1. The second kappa shape index (κ2) is 6.01. The third kappa shape index (κ3) is 2.97. The zero-order chi connectivity index (χ0) is 12.1. The summed E-state index contributed by atoms with van der Waals surface area (Å²) in [6.07, 6.45) is 3.60. The van der Waals surface area contributed by atoms with Crippen LogP contribution in [0.5, 0.6) is 0 Å². The maximum absolute atomic E-state index is 13.8. The molecule has 1 aliphatic rings. The van der Waals surface area contributed by atoms with Crippen molar-refractivity contribution in [1.82, 2.24) is 5.32 Å². The van der Waals surface area contributed by atoms with E-state index in [1.165, 1.54) is 12.8 Å². The first-order valence-electron chi connectivity index (χ1n) is 6.55. The van der Waals surface area contributed by atoms with E-state index in [2.05, 4.69) is 17.1 Å². The van der Waals surface area contributed by atoms with Crippen LogP contribution in [0.2, 0.25) is 0 Å². The summed E-state index contributed by atoms with van der Waals surface area (Å²) in [5.41, 5.74) is 0.740. The van der Waals surface area contributed by atoms with Gasteiger partial charge in [0.1, 0.15) is 5.82 Å². The van der Waals surface area contributed by atoms with Gasteiger partial charge < -0.3 is 10.2 Å². The molecule has 1 fully saturated rings. The molecular formula is C14H21FN2.